The van der Waals surface area contributed by atoms with Gasteiger partial charge in [0.25, 0.3) is 0 Å². The summed E-state index contributed by atoms with van der Waals surface area (Å²) in [5, 5.41) is 3.14. The van der Waals surface area contributed by atoms with Crippen LogP contribution in [0.2, 0.25) is 0 Å². The molecule has 1 aliphatic heterocycles. The predicted molar refractivity (Wildman–Crippen MR) is 130 cm³/mol. The topological polar surface area (TPSA) is 61.9 Å². The lowest BCUT2D eigenvalue weighted by Crippen LogP contribution is -2.57. The summed E-state index contributed by atoms with van der Waals surface area (Å²) < 4.78 is 5.63. The van der Waals surface area contributed by atoms with E-state index in [0.29, 0.717) is 38.7 Å². The van der Waals surface area contributed by atoms with Crippen LogP contribution in [-0.2, 0) is 20.9 Å². The van der Waals surface area contributed by atoms with Gasteiger partial charge in [-0.15, -0.1) is 0 Å². The van der Waals surface area contributed by atoms with Gasteiger partial charge >= 0.3 is 0 Å². The van der Waals surface area contributed by atoms with Crippen molar-refractivity contribution >= 4 is 17.5 Å². The molecule has 2 aromatic rings. The molecule has 2 aliphatic rings. The zero-order valence-corrected chi connectivity index (χ0v) is 19.5. The Morgan fingerprint density at radius 3 is 2.30 bits per heavy atom. The van der Waals surface area contributed by atoms with Crippen molar-refractivity contribution in [2.75, 3.05) is 38.1 Å². The molecule has 1 unspecified atom stereocenters. The molecular formula is C27H35N3O3. The van der Waals surface area contributed by atoms with Crippen LogP contribution in [0.15, 0.2) is 54.6 Å². The maximum atomic E-state index is 13.3. The number of carbonyl (C=O) groups is 2. The molecule has 6 nitrogen and oxygen atoms in total. The molecule has 1 N–H and O–H groups in total. The second-order valence-electron chi connectivity index (χ2n) is 9.24. The number of nitrogens with zero attached hydrogens (tertiary/aromatic N) is 2. The summed E-state index contributed by atoms with van der Waals surface area (Å²) in [6.45, 7) is 5.27. The number of nitrogens with one attached hydrogen (secondary N) is 1. The Kier molecular flexibility index (Phi) is 8.13. The summed E-state index contributed by atoms with van der Waals surface area (Å²) in [6.07, 6.45) is 4.57. The summed E-state index contributed by atoms with van der Waals surface area (Å²) in [7, 11) is 0. The molecule has 33 heavy (non-hydrogen) atoms. The summed E-state index contributed by atoms with van der Waals surface area (Å²) in [4.78, 5) is 30.1. The van der Waals surface area contributed by atoms with Crippen molar-refractivity contribution in [2.45, 2.75) is 45.3 Å². The third-order valence-corrected chi connectivity index (χ3v) is 6.83. The number of carbonyl (C=O) groups excluding carboxylic acids is 2. The van der Waals surface area contributed by atoms with Gasteiger partial charge < -0.3 is 15.0 Å². The molecule has 6 heteroatoms. The van der Waals surface area contributed by atoms with Crippen molar-refractivity contribution in [3.63, 3.8) is 0 Å². The van der Waals surface area contributed by atoms with Crippen LogP contribution < -0.4 is 5.32 Å². The van der Waals surface area contributed by atoms with Gasteiger partial charge in [-0.25, -0.2) is 0 Å². The number of piperazine rings is 1. The molecule has 0 aromatic heterocycles. The van der Waals surface area contributed by atoms with Crippen LogP contribution in [0.25, 0.3) is 0 Å². The third-order valence-electron chi connectivity index (χ3n) is 6.83. The molecule has 0 spiro atoms. The lowest BCUT2D eigenvalue weighted by Gasteiger charge is -2.40. The lowest BCUT2D eigenvalue weighted by atomic mass is 9.95. The van der Waals surface area contributed by atoms with Gasteiger partial charge in [0.2, 0.25) is 11.8 Å². The minimum Gasteiger partial charge on any atom is -0.367 e. The van der Waals surface area contributed by atoms with Gasteiger partial charge in [0.1, 0.15) is 6.61 Å². The average Bonchev–Trinajstić information content (AvgIpc) is 3.36. The molecule has 4 rings (SSSR count). The fourth-order valence-corrected chi connectivity index (χ4v) is 4.98. The Morgan fingerprint density at radius 1 is 0.970 bits per heavy atom. The van der Waals surface area contributed by atoms with Crippen LogP contribution in [0, 0.1) is 12.8 Å². The molecular weight excluding hydrogens is 414 g/mol. The van der Waals surface area contributed by atoms with E-state index in [1.54, 1.807) is 0 Å². The lowest BCUT2D eigenvalue weighted by molar-refractivity contribution is -0.139. The van der Waals surface area contributed by atoms with E-state index >= 15 is 0 Å². The van der Waals surface area contributed by atoms with E-state index in [9.17, 15) is 9.59 Å². The van der Waals surface area contributed by atoms with Crippen molar-refractivity contribution < 1.29 is 14.3 Å². The first kappa shape index (κ1) is 23.5. The van der Waals surface area contributed by atoms with Gasteiger partial charge in [0, 0.05) is 31.9 Å². The zero-order chi connectivity index (χ0) is 23.0. The van der Waals surface area contributed by atoms with Crippen LogP contribution in [0.5, 0.6) is 0 Å². The molecule has 0 radical (unpaired) electrons. The normalized spacial score (nSPS) is 18.3. The first-order chi connectivity index (χ1) is 16.1. The number of ether oxygens (including phenoxy) is 1. The Morgan fingerprint density at radius 2 is 1.64 bits per heavy atom. The second-order valence-corrected chi connectivity index (χ2v) is 9.24. The number of anilines is 1. The first-order valence-electron chi connectivity index (χ1n) is 12.1. The van der Waals surface area contributed by atoms with E-state index in [2.05, 4.69) is 10.2 Å². The second kappa shape index (κ2) is 11.4. The Bertz CT molecular complexity index is 902. The van der Waals surface area contributed by atoms with Crippen molar-refractivity contribution in [2.24, 2.45) is 5.92 Å². The molecule has 0 bridgehead atoms. The molecule has 2 aromatic carbocycles. The van der Waals surface area contributed by atoms with Crippen molar-refractivity contribution in [1.29, 1.82) is 0 Å². The predicted octanol–water partition coefficient (Wildman–Crippen LogP) is 3.85. The molecule has 1 saturated carbocycles. The summed E-state index contributed by atoms with van der Waals surface area (Å²) in [5.41, 5.74) is 3.08. The molecule has 2 fully saturated rings. The van der Waals surface area contributed by atoms with E-state index < -0.39 is 0 Å². The Balaban J connectivity index is 1.30. The van der Waals surface area contributed by atoms with Gasteiger partial charge in [-0.2, -0.15) is 0 Å². The average molecular weight is 450 g/mol. The van der Waals surface area contributed by atoms with Crippen LogP contribution >= 0.6 is 0 Å². The highest BCUT2D eigenvalue weighted by Crippen LogP contribution is 2.31. The number of aryl methyl sites for hydroxylation is 1. The minimum absolute atomic E-state index is 0.0205. The van der Waals surface area contributed by atoms with Crippen LogP contribution in [0.3, 0.4) is 0 Å². The summed E-state index contributed by atoms with van der Waals surface area (Å²) in [6, 6.07) is 17.7. The van der Waals surface area contributed by atoms with E-state index in [0.717, 1.165) is 24.1 Å². The van der Waals surface area contributed by atoms with Crippen molar-refractivity contribution in [3.8, 4) is 0 Å². The molecule has 1 heterocycles. The molecule has 1 aliphatic carbocycles. The number of rotatable bonds is 8. The fraction of sp³-hybridized carbons (Fsp3) is 0.481. The number of amides is 2. The fourth-order valence-electron chi connectivity index (χ4n) is 4.98. The highest BCUT2D eigenvalue weighted by molar-refractivity contribution is 5.95. The molecule has 1 atom stereocenters. The summed E-state index contributed by atoms with van der Waals surface area (Å²) in [5.74, 6) is 0.482. The van der Waals surface area contributed by atoms with Gasteiger partial charge in [-0.05, 0) is 43.4 Å². The SMILES string of the molecule is Cc1ccc(NC(=O)C(C2CCCC2)N2CCN(C(=O)COCc3ccccc3)CC2)cc1. The highest BCUT2D eigenvalue weighted by Gasteiger charge is 2.37. The van der Waals surface area contributed by atoms with Gasteiger partial charge in [0.15, 0.2) is 0 Å². The largest absolute Gasteiger partial charge is 0.367 e. The Hall–Kier alpha value is -2.70. The Labute approximate surface area is 196 Å². The smallest absolute Gasteiger partial charge is 0.248 e. The van der Waals surface area contributed by atoms with Gasteiger partial charge in [-0.1, -0.05) is 60.9 Å². The monoisotopic (exact) mass is 449 g/mol. The zero-order valence-electron chi connectivity index (χ0n) is 19.5. The third kappa shape index (κ3) is 6.42. The molecule has 1 saturated heterocycles. The van der Waals surface area contributed by atoms with E-state index in [-0.39, 0.29) is 24.5 Å². The number of hydrogen-bond acceptors (Lipinski definition) is 4. The minimum atomic E-state index is -0.139. The van der Waals surface area contributed by atoms with Crippen LogP contribution in [0.1, 0.15) is 36.8 Å². The maximum absolute atomic E-state index is 13.3. The number of benzene rings is 2. The van der Waals surface area contributed by atoms with Crippen molar-refractivity contribution in [3.05, 3.63) is 65.7 Å². The first-order valence-corrected chi connectivity index (χ1v) is 12.1. The quantitative estimate of drug-likeness (QED) is 0.665. The highest BCUT2D eigenvalue weighted by atomic mass is 16.5. The summed E-state index contributed by atoms with van der Waals surface area (Å²) >= 11 is 0. The van der Waals surface area contributed by atoms with E-state index in [1.807, 2.05) is 66.4 Å². The van der Waals surface area contributed by atoms with Gasteiger partial charge in [-0.3, -0.25) is 14.5 Å². The number of hydrogen-bond donors (Lipinski definition) is 1. The standard InChI is InChI=1S/C27H35N3O3/c1-21-11-13-24(14-12-21)28-27(32)26(23-9-5-6-10-23)30-17-15-29(16-18-30)25(31)20-33-19-22-7-3-2-4-8-22/h2-4,7-8,11-14,23,26H,5-6,9-10,15-20H2,1H3,(H,28,32). The maximum Gasteiger partial charge on any atom is 0.248 e. The van der Waals surface area contributed by atoms with Crippen molar-refractivity contribution in [1.82, 2.24) is 9.80 Å². The van der Waals surface area contributed by atoms with Gasteiger partial charge in [0.05, 0.1) is 12.6 Å². The molecule has 2 amide bonds. The van der Waals surface area contributed by atoms with Crippen LogP contribution in [0.4, 0.5) is 5.69 Å². The van der Waals surface area contributed by atoms with Crippen LogP contribution in [-0.4, -0.2) is 60.4 Å². The van der Waals surface area contributed by atoms with E-state index in [4.69, 9.17) is 4.74 Å². The molecule has 176 valence electrons. The van der Waals surface area contributed by atoms with E-state index in [1.165, 1.54) is 18.4 Å².